The third-order valence-electron chi connectivity index (χ3n) is 6.56. The van der Waals surface area contributed by atoms with E-state index in [2.05, 4.69) is 38.3 Å². The maximum Gasteiger partial charge on any atom is 0.257 e. The number of carbonyl (C=O) groups excluding carboxylic acids is 1. The molecule has 0 saturated heterocycles. The highest BCUT2D eigenvalue weighted by Gasteiger charge is 2.22. The van der Waals surface area contributed by atoms with Crippen LogP contribution in [-0.2, 0) is 0 Å². The molecule has 0 bridgehead atoms. The Balaban J connectivity index is 1.43. The molecule has 1 amide bonds. The van der Waals surface area contributed by atoms with Gasteiger partial charge in [-0.1, -0.05) is 54.3 Å². The number of para-hydroxylation sites is 1. The van der Waals surface area contributed by atoms with E-state index in [1.165, 1.54) is 0 Å². The average Bonchev–Trinajstić information content (AvgIpc) is 3.32. The summed E-state index contributed by atoms with van der Waals surface area (Å²) in [4.78, 5) is 27.0. The van der Waals surface area contributed by atoms with Gasteiger partial charge in [-0.2, -0.15) is 5.10 Å². The summed E-state index contributed by atoms with van der Waals surface area (Å²) in [5.74, 6) is 6.26. The Morgan fingerprint density at radius 3 is 2.59 bits per heavy atom. The summed E-state index contributed by atoms with van der Waals surface area (Å²) in [5.41, 5.74) is 6.80. The van der Waals surface area contributed by atoms with Gasteiger partial charge in [0.05, 0.1) is 28.5 Å². The lowest BCUT2D eigenvalue weighted by Crippen LogP contribution is -2.27. The molecule has 0 fully saturated rings. The first-order valence-electron chi connectivity index (χ1n) is 12.6. The third kappa shape index (κ3) is 4.72. The molecule has 188 valence electrons. The number of amides is 1. The van der Waals surface area contributed by atoms with Gasteiger partial charge in [0, 0.05) is 46.9 Å². The van der Waals surface area contributed by atoms with E-state index in [1.807, 2.05) is 74.5 Å². The summed E-state index contributed by atoms with van der Waals surface area (Å²) >= 11 is 0. The van der Waals surface area contributed by atoms with Crippen LogP contribution in [0.4, 0.5) is 0 Å². The highest BCUT2D eigenvalue weighted by molar-refractivity contribution is 6.01. The highest BCUT2D eigenvalue weighted by Crippen LogP contribution is 2.31. The number of hydrogen-bond donors (Lipinski definition) is 1. The first-order valence-corrected chi connectivity index (χ1v) is 12.6. The molecule has 0 radical (unpaired) electrons. The van der Waals surface area contributed by atoms with Crippen molar-refractivity contribution in [1.29, 1.82) is 0 Å². The van der Waals surface area contributed by atoms with E-state index in [9.17, 15) is 4.79 Å². The van der Waals surface area contributed by atoms with E-state index in [-0.39, 0.29) is 11.9 Å². The highest BCUT2D eigenvalue weighted by atomic mass is 16.1. The van der Waals surface area contributed by atoms with Crippen molar-refractivity contribution in [2.24, 2.45) is 0 Å². The van der Waals surface area contributed by atoms with Gasteiger partial charge in [0.2, 0.25) is 0 Å². The van der Waals surface area contributed by atoms with Gasteiger partial charge >= 0.3 is 0 Å². The minimum atomic E-state index is -0.339. The predicted molar refractivity (Wildman–Crippen MR) is 151 cm³/mol. The summed E-state index contributed by atoms with van der Waals surface area (Å²) in [5, 5.41) is 8.54. The second-order valence-corrected chi connectivity index (χ2v) is 9.20. The number of aryl methyl sites for hydroxylation is 1. The molecule has 1 unspecified atom stereocenters. The van der Waals surface area contributed by atoms with Crippen molar-refractivity contribution in [3.63, 3.8) is 0 Å². The first kappa shape index (κ1) is 24.0. The first-order chi connectivity index (χ1) is 19.1. The van der Waals surface area contributed by atoms with Gasteiger partial charge in [-0.05, 0) is 44.2 Å². The van der Waals surface area contributed by atoms with Crippen LogP contribution in [0.15, 0.2) is 97.6 Å². The Morgan fingerprint density at radius 2 is 1.77 bits per heavy atom. The van der Waals surface area contributed by atoms with Crippen molar-refractivity contribution in [3.8, 4) is 23.1 Å². The zero-order valence-electron chi connectivity index (χ0n) is 21.5. The summed E-state index contributed by atoms with van der Waals surface area (Å²) in [6.45, 7) is 3.78. The summed E-state index contributed by atoms with van der Waals surface area (Å²) < 4.78 is 1.62. The second-order valence-electron chi connectivity index (χ2n) is 9.20. The van der Waals surface area contributed by atoms with Gasteiger partial charge in [-0.25, -0.2) is 14.5 Å². The molecule has 39 heavy (non-hydrogen) atoms. The summed E-state index contributed by atoms with van der Waals surface area (Å²) in [6.07, 6.45) is 6.90. The number of hydrogen-bond acceptors (Lipinski definition) is 5. The van der Waals surface area contributed by atoms with Crippen molar-refractivity contribution in [3.05, 3.63) is 126 Å². The van der Waals surface area contributed by atoms with E-state index in [1.54, 1.807) is 35.4 Å². The topological polar surface area (TPSA) is 85.1 Å². The molecule has 0 aliphatic heterocycles. The lowest BCUT2D eigenvalue weighted by molar-refractivity contribution is 0.0941. The smallest absolute Gasteiger partial charge is 0.257 e. The van der Waals surface area contributed by atoms with Crippen LogP contribution in [-0.4, -0.2) is 30.5 Å². The molecule has 7 nitrogen and oxygen atoms in total. The maximum absolute atomic E-state index is 13.5. The summed E-state index contributed by atoms with van der Waals surface area (Å²) in [6, 6.07) is 23.3. The number of benzene rings is 2. The zero-order chi connectivity index (χ0) is 26.8. The van der Waals surface area contributed by atoms with Crippen LogP contribution in [0.1, 0.15) is 45.7 Å². The molecule has 1 atom stereocenters. The Kier molecular flexibility index (Phi) is 6.28. The molecule has 6 rings (SSSR count). The Hall–Kier alpha value is -5.35. The molecule has 4 heterocycles. The number of aromatic nitrogens is 5. The van der Waals surface area contributed by atoms with Crippen LogP contribution in [0.3, 0.4) is 0 Å². The Bertz CT molecular complexity index is 1880. The molecule has 4 aromatic heterocycles. The molecule has 0 aliphatic rings. The second kappa shape index (κ2) is 10.2. The van der Waals surface area contributed by atoms with Crippen LogP contribution >= 0.6 is 0 Å². The van der Waals surface area contributed by atoms with E-state index in [0.29, 0.717) is 16.9 Å². The number of nitrogens with one attached hydrogen (secondary N) is 1. The largest absolute Gasteiger partial charge is 0.345 e. The third-order valence-corrected chi connectivity index (χ3v) is 6.56. The minimum Gasteiger partial charge on any atom is -0.345 e. The molecule has 7 heteroatoms. The van der Waals surface area contributed by atoms with Gasteiger partial charge in [-0.3, -0.25) is 9.78 Å². The van der Waals surface area contributed by atoms with E-state index in [0.717, 1.165) is 38.9 Å². The molecule has 0 saturated carbocycles. The van der Waals surface area contributed by atoms with Crippen molar-refractivity contribution in [2.45, 2.75) is 19.9 Å². The molecule has 1 N–H and O–H groups in total. The normalized spacial score (nSPS) is 11.6. The standard InChI is InChI=1S/C32H24N6O/c1-21(35-32(39)28-22(2)37-38-19-7-16-34-31(28)38)27-20-26-11-6-10-25(13-12-23-14-17-33-18-15-23)29(26)36-30(27)24-8-4-3-5-9-24/h3-11,14-21H,1-2H3,(H,35,39). The van der Waals surface area contributed by atoms with Crippen molar-refractivity contribution < 1.29 is 4.79 Å². The van der Waals surface area contributed by atoms with Gasteiger partial charge in [0.15, 0.2) is 5.65 Å². The Labute approximate surface area is 225 Å². The molecular weight excluding hydrogens is 484 g/mol. The lowest BCUT2D eigenvalue weighted by atomic mass is 9.97. The van der Waals surface area contributed by atoms with Crippen LogP contribution in [0.25, 0.3) is 27.8 Å². The van der Waals surface area contributed by atoms with Crippen molar-refractivity contribution >= 4 is 22.5 Å². The van der Waals surface area contributed by atoms with Crippen LogP contribution in [0.2, 0.25) is 0 Å². The van der Waals surface area contributed by atoms with Crippen LogP contribution < -0.4 is 5.32 Å². The Morgan fingerprint density at radius 1 is 0.949 bits per heavy atom. The van der Waals surface area contributed by atoms with Crippen molar-refractivity contribution in [2.75, 3.05) is 0 Å². The fourth-order valence-corrected chi connectivity index (χ4v) is 4.66. The monoisotopic (exact) mass is 508 g/mol. The molecule has 6 aromatic rings. The molecule has 0 spiro atoms. The van der Waals surface area contributed by atoms with Gasteiger partial charge < -0.3 is 5.32 Å². The number of nitrogens with zero attached hydrogens (tertiary/aromatic N) is 5. The maximum atomic E-state index is 13.5. The summed E-state index contributed by atoms with van der Waals surface area (Å²) in [7, 11) is 0. The SMILES string of the molecule is Cc1nn2cccnc2c1C(=O)NC(C)c1cc2cccc(C#Cc3ccncc3)c2nc1-c1ccccc1. The number of pyridine rings is 2. The number of carbonyl (C=O) groups is 1. The lowest BCUT2D eigenvalue weighted by Gasteiger charge is -2.19. The van der Waals surface area contributed by atoms with E-state index in [4.69, 9.17) is 4.98 Å². The molecule has 0 aliphatic carbocycles. The molecule has 2 aromatic carbocycles. The number of rotatable bonds is 4. The van der Waals surface area contributed by atoms with Gasteiger partial charge in [0.1, 0.15) is 5.56 Å². The minimum absolute atomic E-state index is 0.232. The zero-order valence-corrected chi connectivity index (χ0v) is 21.5. The van der Waals surface area contributed by atoms with Crippen LogP contribution in [0, 0.1) is 18.8 Å². The fraction of sp³-hybridized carbons (Fsp3) is 0.0938. The van der Waals surface area contributed by atoms with Crippen LogP contribution in [0.5, 0.6) is 0 Å². The number of fused-ring (bicyclic) bond motifs is 2. The van der Waals surface area contributed by atoms with E-state index >= 15 is 0 Å². The average molecular weight is 509 g/mol. The molecular formula is C32H24N6O. The van der Waals surface area contributed by atoms with Crippen molar-refractivity contribution in [1.82, 2.24) is 29.9 Å². The fourth-order valence-electron chi connectivity index (χ4n) is 4.66. The quantitative estimate of drug-likeness (QED) is 0.316. The van der Waals surface area contributed by atoms with E-state index < -0.39 is 0 Å². The van der Waals surface area contributed by atoms with Gasteiger partial charge in [-0.15, -0.1) is 0 Å². The van der Waals surface area contributed by atoms with Gasteiger partial charge in [0.25, 0.3) is 5.91 Å². The predicted octanol–water partition coefficient (Wildman–Crippen LogP) is 5.54.